The Bertz CT molecular complexity index is 841. The van der Waals surface area contributed by atoms with Crippen molar-refractivity contribution in [2.75, 3.05) is 54.0 Å². The highest BCUT2D eigenvalue weighted by molar-refractivity contribution is 5.80. The summed E-state index contributed by atoms with van der Waals surface area (Å²) >= 11 is 0. The third-order valence-electron chi connectivity index (χ3n) is 5.90. The molecular weight excluding hydrogens is 400 g/mol. The lowest BCUT2D eigenvalue weighted by Crippen LogP contribution is -2.41. The van der Waals surface area contributed by atoms with Crippen molar-refractivity contribution < 1.29 is 9.47 Å². The molecule has 32 heavy (non-hydrogen) atoms. The summed E-state index contributed by atoms with van der Waals surface area (Å²) in [5, 5.41) is 3.49. The lowest BCUT2D eigenvalue weighted by atomic mass is 10.1. The number of ether oxygens (including phenoxy) is 2. The fourth-order valence-electron chi connectivity index (χ4n) is 4.09. The van der Waals surface area contributed by atoms with Crippen LogP contribution in [0.3, 0.4) is 0 Å². The van der Waals surface area contributed by atoms with E-state index in [4.69, 9.17) is 14.5 Å². The second kappa shape index (κ2) is 12.5. The fourth-order valence-corrected chi connectivity index (χ4v) is 4.09. The third kappa shape index (κ3) is 6.97. The molecule has 0 radical (unpaired) electrons. The zero-order chi connectivity index (χ0) is 22.8. The highest BCUT2D eigenvalue weighted by Gasteiger charge is 2.25. The fraction of sp³-hybridized carbons (Fsp3) is 0.500. The van der Waals surface area contributed by atoms with Crippen molar-refractivity contribution in [1.82, 2.24) is 15.1 Å². The predicted octanol–water partition coefficient (Wildman–Crippen LogP) is 3.80. The topological polar surface area (TPSA) is 49.3 Å². The Morgan fingerprint density at radius 2 is 2.00 bits per heavy atom. The summed E-state index contributed by atoms with van der Waals surface area (Å²) in [6.45, 7) is 7.12. The molecule has 0 saturated carbocycles. The van der Waals surface area contributed by atoms with Crippen molar-refractivity contribution in [2.24, 2.45) is 10.9 Å². The van der Waals surface area contributed by atoms with Crippen LogP contribution in [-0.4, -0.2) is 69.8 Å². The van der Waals surface area contributed by atoms with E-state index in [9.17, 15) is 0 Å². The van der Waals surface area contributed by atoms with Crippen LogP contribution in [0.5, 0.6) is 5.75 Å². The minimum Gasteiger partial charge on any atom is -0.497 e. The Labute approximate surface area is 193 Å². The maximum Gasteiger partial charge on any atom is 0.193 e. The molecule has 0 aromatic heterocycles. The van der Waals surface area contributed by atoms with Crippen LogP contribution in [0, 0.1) is 5.92 Å². The minimum absolute atomic E-state index is 0.186. The van der Waals surface area contributed by atoms with E-state index in [0.717, 1.165) is 44.4 Å². The first kappa shape index (κ1) is 24.1. The molecule has 6 nitrogen and oxygen atoms in total. The van der Waals surface area contributed by atoms with E-state index in [1.165, 1.54) is 11.1 Å². The van der Waals surface area contributed by atoms with Gasteiger partial charge in [0.15, 0.2) is 5.96 Å². The quantitative estimate of drug-likeness (QED) is 0.452. The zero-order valence-corrected chi connectivity index (χ0v) is 20.0. The monoisotopic (exact) mass is 438 g/mol. The Hall–Kier alpha value is -2.57. The van der Waals surface area contributed by atoms with E-state index in [2.05, 4.69) is 72.5 Å². The molecule has 1 aliphatic rings. The number of benzene rings is 2. The molecule has 6 heteroatoms. The number of methoxy groups -OCH3 is 1. The molecular formula is C26H38N4O2. The van der Waals surface area contributed by atoms with Gasteiger partial charge in [0.05, 0.1) is 32.9 Å². The minimum atomic E-state index is 0.186. The first-order chi connectivity index (χ1) is 15.6. The Morgan fingerprint density at radius 3 is 2.72 bits per heavy atom. The van der Waals surface area contributed by atoms with Crippen molar-refractivity contribution in [2.45, 2.75) is 26.0 Å². The standard InChI is InChI=1S/C26H38N4O2/c1-5-27-26(28-17-25(29(2)3)23-12-9-13-24(16-23)31-4)30-15-14-22(18-30)20-32-19-21-10-7-6-8-11-21/h6-13,16,22,25H,5,14-15,17-20H2,1-4H3,(H,27,28). The molecule has 1 N–H and O–H groups in total. The first-order valence-corrected chi connectivity index (χ1v) is 11.6. The summed E-state index contributed by atoms with van der Waals surface area (Å²) in [4.78, 5) is 9.61. The van der Waals surface area contributed by atoms with E-state index in [1.54, 1.807) is 7.11 Å². The Balaban J connectivity index is 1.58. The second-order valence-electron chi connectivity index (χ2n) is 8.55. The van der Waals surface area contributed by atoms with Gasteiger partial charge in [0.1, 0.15) is 5.75 Å². The molecule has 1 heterocycles. The number of aliphatic imine (C=N–C) groups is 1. The highest BCUT2D eigenvalue weighted by Crippen LogP contribution is 2.23. The molecule has 2 aromatic carbocycles. The lowest BCUT2D eigenvalue weighted by Gasteiger charge is -2.26. The SMILES string of the molecule is CCNC(=NCC(c1cccc(OC)c1)N(C)C)N1CCC(COCc2ccccc2)C1. The molecule has 0 aliphatic carbocycles. The Morgan fingerprint density at radius 1 is 1.19 bits per heavy atom. The molecule has 2 aromatic rings. The lowest BCUT2D eigenvalue weighted by molar-refractivity contribution is 0.0906. The summed E-state index contributed by atoms with van der Waals surface area (Å²) in [7, 11) is 5.91. The van der Waals surface area contributed by atoms with Gasteiger partial charge < -0.3 is 24.6 Å². The van der Waals surface area contributed by atoms with Crippen molar-refractivity contribution >= 4 is 5.96 Å². The number of guanidine groups is 1. The van der Waals surface area contributed by atoms with Crippen molar-refractivity contribution in [3.8, 4) is 5.75 Å². The van der Waals surface area contributed by atoms with Gasteiger partial charge in [-0.15, -0.1) is 0 Å². The van der Waals surface area contributed by atoms with Crippen molar-refractivity contribution in [3.05, 3.63) is 65.7 Å². The average Bonchev–Trinajstić information content (AvgIpc) is 3.28. The van der Waals surface area contributed by atoms with E-state index in [1.807, 2.05) is 18.2 Å². The van der Waals surface area contributed by atoms with Gasteiger partial charge in [-0.05, 0) is 50.7 Å². The zero-order valence-electron chi connectivity index (χ0n) is 20.0. The van der Waals surface area contributed by atoms with Crippen molar-refractivity contribution in [1.29, 1.82) is 0 Å². The largest absolute Gasteiger partial charge is 0.497 e. The van der Waals surface area contributed by atoms with Crippen LogP contribution < -0.4 is 10.1 Å². The van der Waals surface area contributed by atoms with Gasteiger partial charge in [0.25, 0.3) is 0 Å². The van der Waals surface area contributed by atoms with Gasteiger partial charge in [-0.3, -0.25) is 4.99 Å². The van der Waals surface area contributed by atoms with Crippen molar-refractivity contribution in [3.63, 3.8) is 0 Å². The van der Waals surface area contributed by atoms with Crippen LogP contribution in [0.1, 0.15) is 30.5 Å². The van der Waals surface area contributed by atoms with E-state index in [0.29, 0.717) is 19.1 Å². The van der Waals surface area contributed by atoms with Gasteiger partial charge >= 0.3 is 0 Å². The second-order valence-corrected chi connectivity index (χ2v) is 8.55. The molecule has 1 fully saturated rings. The van der Waals surface area contributed by atoms with E-state index < -0.39 is 0 Å². The van der Waals surface area contributed by atoms with Crippen LogP contribution in [0.4, 0.5) is 0 Å². The van der Waals surface area contributed by atoms with E-state index >= 15 is 0 Å². The van der Waals surface area contributed by atoms with E-state index in [-0.39, 0.29) is 6.04 Å². The summed E-state index contributed by atoms with van der Waals surface area (Å²) < 4.78 is 11.4. The smallest absolute Gasteiger partial charge is 0.193 e. The molecule has 174 valence electrons. The molecule has 0 spiro atoms. The summed E-state index contributed by atoms with van der Waals surface area (Å²) in [5.74, 6) is 2.40. The Kier molecular flexibility index (Phi) is 9.38. The normalized spacial score (nSPS) is 17.6. The van der Waals surface area contributed by atoms with Gasteiger partial charge in [-0.2, -0.15) is 0 Å². The maximum atomic E-state index is 6.00. The van der Waals surface area contributed by atoms with Crippen LogP contribution >= 0.6 is 0 Å². The van der Waals surface area contributed by atoms with Crippen LogP contribution in [-0.2, 0) is 11.3 Å². The third-order valence-corrected chi connectivity index (χ3v) is 5.90. The first-order valence-electron chi connectivity index (χ1n) is 11.6. The maximum absolute atomic E-state index is 6.00. The predicted molar refractivity (Wildman–Crippen MR) is 131 cm³/mol. The average molecular weight is 439 g/mol. The van der Waals surface area contributed by atoms with Gasteiger partial charge in [-0.1, -0.05) is 42.5 Å². The van der Waals surface area contributed by atoms with Crippen LogP contribution in [0.25, 0.3) is 0 Å². The van der Waals surface area contributed by atoms with Gasteiger partial charge in [0, 0.05) is 25.6 Å². The number of nitrogens with zero attached hydrogens (tertiary/aromatic N) is 3. The number of nitrogens with one attached hydrogen (secondary N) is 1. The molecule has 1 aliphatic heterocycles. The number of likely N-dealkylation sites (N-methyl/N-ethyl adjacent to an activating group) is 1. The van der Waals surface area contributed by atoms with Crippen LogP contribution in [0.2, 0.25) is 0 Å². The number of hydrogen-bond acceptors (Lipinski definition) is 4. The number of hydrogen-bond donors (Lipinski definition) is 1. The molecule has 3 rings (SSSR count). The summed E-state index contributed by atoms with van der Waals surface area (Å²) in [6, 6.07) is 18.8. The van der Waals surface area contributed by atoms with Crippen LogP contribution in [0.15, 0.2) is 59.6 Å². The van der Waals surface area contributed by atoms with Gasteiger partial charge in [-0.25, -0.2) is 0 Å². The summed E-state index contributed by atoms with van der Waals surface area (Å²) in [6.07, 6.45) is 1.13. The molecule has 2 atom stereocenters. The molecule has 0 bridgehead atoms. The highest BCUT2D eigenvalue weighted by atomic mass is 16.5. The molecule has 2 unspecified atom stereocenters. The summed E-state index contributed by atoms with van der Waals surface area (Å²) in [5.41, 5.74) is 2.44. The van der Waals surface area contributed by atoms with Gasteiger partial charge in [0.2, 0.25) is 0 Å². The molecule has 0 amide bonds. The number of rotatable bonds is 10. The molecule has 1 saturated heterocycles. The number of likely N-dealkylation sites (tertiary alicyclic amines) is 1.